The maximum atomic E-state index is 13.1. The van der Waals surface area contributed by atoms with E-state index in [1.807, 2.05) is 58.1 Å². The molecule has 0 bridgehead atoms. The van der Waals surface area contributed by atoms with Gasteiger partial charge in [-0.1, -0.05) is 50.0 Å². The van der Waals surface area contributed by atoms with Gasteiger partial charge in [-0.3, -0.25) is 4.90 Å². The predicted octanol–water partition coefficient (Wildman–Crippen LogP) is 6.97. The average molecular weight is 643 g/mol. The lowest BCUT2D eigenvalue weighted by Crippen LogP contribution is -2.59. The highest BCUT2D eigenvalue weighted by atomic mass is 28.3. The molecule has 2 fully saturated rings. The molecule has 1 aliphatic carbocycles. The minimum atomic E-state index is -1.23. The Balaban J connectivity index is 1.23. The van der Waals surface area contributed by atoms with Crippen LogP contribution in [0.3, 0.4) is 0 Å². The van der Waals surface area contributed by atoms with E-state index >= 15 is 0 Å². The van der Waals surface area contributed by atoms with Gasteiger partial charge in [0.15, 0.2) is 0 Å². The zero-order chi connectivity index (χ0) is 32.5. The summed E-state index contributed by atoms with van der Waals surface area (Å²) in [6.07, 6.45) is 3.44. The van der Waals surface area contributed by atoms with Crippen LogP contribution in [0.1, 0.15) is 39.2 Å². The number of ether oxygens (including phenoxy) is 3. The Labute approximate surface area is 272 Å². The zero-order valence-corrected chi connectivity index (χ0v) is 28.9. The molecule has 0 N–H and O–H groups in total. The summed E-state index contributed by atoms with van der Waals surface area (Å²) in [7, 11) is -1.23. The summed E-state index contributed by atoms with van der Waals surface area (Å²) >= 11 is 0. The van der Waals surface area contributed by atoms with Crippen molar-refractivity contribution in [2.24, 2.45) is 0 Å². The second-order valence-electron chi connectivity index (χ2n) is 14.2. The minimum Gasteiger partial charge on any atom is -0.488 e. The van der Waals surface area contributed by atoms with E-state index in [2.05, 4.69) is 56.4 Å². The maximum Gasteiger partial charge on any atom is 0.410 e. The van der Waals surface area contributed by atoms with Gasteiger partial charge < -0.3 is 19.1 Å². The van der Waals surface area contributed by atoms with E-state index in [0.29, 0.717) is 26.4 Å². The molecule has 2 atom stereocenters. The first-order valence-corrected chi connectivity index (χ1v) is 20.0. The summed E-state index contributed by atoms with van der Waals surface area (Å²) in [6, 6.07) is 18.8. The van der Waals surface area contributed by atoms with Gasteiger partial charge in [-0.15, -0.1) is 0 Å². The number of hydrogen-bond donors (Lipinski definition) is 0. The van der Waals surface area contributed by atoms with Crippen LogP contribution in [0.25, 0.3) is 22.3 Å². The molecule has 1 saturated carbocycles. The lowest BCUT2D eigenvalue weighted by atomic mass is 10.1. The highest BCUT2D eigenvalue weighted by Crippen LogP contribution is 2.41. The van der Waals surface area contributed by atoms with Crippen LogP contribution in [0.5, 0.6) is 5.75 Å². The summed E-state index contributed by atoms with van der Waals surface area (Å²) in [4.78, 5) is 26.6. The number of amides is 1. The van der Waals surface area contributed by atoms with Crippen molar-refractivity contribution in [2.45, 2.75) is 90.3 Å². The molecule has 1 saturated heterocycles. The van der Waals surface area contributed by atoms with Crippen LogP contribution in [0.2, 0.25) is 25.7 Å². The average Bonchev–Trinajstić information content (AvgIpc) is 3.63. The number of anilines is 1. The molecule has 0 spiro atoms. The van der Waals surface area contributed by atoms with Gasteiger partial charge in [0.25, 0.3) is 0 Å². The molecule has 46 heavy (non-hydrogen) atoms. The van der Waals surface area contributed by atoms with E-state index in [4.69, 9.17) is 24.3 Å². The molecule has 0 radical (unpaired) electrons. The number of carbonyl (C=O) groups is 1. The Hall–Kier alpha value is -3.96. The standard InChI is InChI=1S/C35H46N6O4Si/c1-25-20-39(21-26(2)41(25)34(42)44-22-27-10-8-7-9-11-27)32-19-31(36-23-37-32)33-29-18-28(45-35(3)14-15-35)12-13-30(29)38-40(33)24-43-16-17-46(4,5)6/h7-13,18-19,23,25-26H,14-17,20-22,24H2,1-6H3/t25-,26?/m0/s1. The number of rotatable bonds is 11. The van der Waals surface area contributed by atoms with Crippen molar-refractivity contribution in [3.63, 3.8) is 0 Å². The predicted molar refractivity (Wildman–Crippen MR) is 183 cm³/mol. The molecule has 10 nitrogen and oxygen atoms in total. The van der Waals surface area contributed by atoms with Gasteiger partial charge in [0, 0.05) is 39.2 Å². The Kier molecular flexibility index (Phi) is 9.07. The number of benzene rings is 2. The number of aromatic nitrogens is 4. The third kappa shape index (κ3) is 7.53. The second kappa shape index (κ2) is 13.0. The topological polar surface area (TPSA) is 94.8 Å². The van der Waals surface area contributed by atoms with Crippen molar-refractivity contribution in [3.8, 4) is 17.1 Å². The van der Waals surface area contributed by atoms with E-state index in [1.54, 1.807) is 6.33 Å². The van der Waals surface area contributed by atoms with Crippen molar-refractivity contribution < 1.29 is 19.0 Å². The van der Waals surface area contributed by atoms with Crippen LogP contribution in [0, 0.1) is 0 Å². The maximum absolute atomic E-state index is 13.1. The van der Waals surface area contributed by atoms with Gasteiger partial charge >= 0.3 is 6.09 Å². The SMILES string of the molecule is CC1CN(c2cc(-c3c4cc(OC5(C)CC5)ccc4nn3COCC[Si](C)(C)C)ncn2)C[C@H](C)N1C(=O)OCc1ccccc1. The summed E-state index contributed by atoms with van der Waals surface area (Å²) in [5.74, 6) is 1.64. The van der Waals surface area contributed by atoms with Crippen molar-refractivity contribution in [1.82, 2.24) is 24.6 Å². The fourth-order valence-corrected chi connectivity index (χ4v) is 6.70. The Morgan fingerprint density at radius 1 is 1.00 bits per heavy atom. The lowest BCUT2D eigenvalue weighted by Gasteiger charge is -2.44. The summed E-state index contributed by atoms with van der Waals surface area (Å²) in [5, 5.41) is 5.89. The monoisotopic (exact) mass is 642 g/mol. The summed E-state index contributed by atoms with van der Waals surface area (Å²) < 4.78 is 20.1. The molecule has 1 amide bonds. The highest BCUT2D eigenvalue weighted by molar-refractivity contribution is 6.76. The van der Waals surface area contributed by atoms with Crippen LogP contribution in [-0.2, 0) is 22.8 Å². The molecule has 4 aromatic rings. The molecule has 1 aliphatic heterocycles. The Bertz CT molecular complexity index is 1660. The van der Waals surface area contributed by atoms with E-state index in [0.717, 1.165) is 58.3 Å². The molecular weight excluding hydrogens is 597 g/mol. The van der Waals surface area contributed by atoms with Gasteiger partial charge in [0.05, 0.1) is 29.0 Å². The number of nitrogens with zero attached hydrogens (tertiary/aromatic N) is 6. The third-order valence-corrected chi connectivity index (χ3v) is 10.5. The smallest absolute Gasteiger partial charge is 0.410 e. The van der Waals surface area contributed by atoms with E-state index in [-0.39, 0.29) is 30.4 Å². The molecule has 244 valence electrons. The molecule has 2 aromatic carbocycles. The first-order chi connectivity index (χ1) is 22.0. The normalized spacial score (nSPS) is 19.3. The third-order valence-electron chi connectivity index (χ3n) is 8.79. The molecular formula is C35H46N6O4Si. The van der Waals surface area contributed by atoms with Crippen LogP contribution in [0.4, 0.5) is 10.6 Å². The van der Waals surface area contributed by atoms with Gasteiger partial charge in [0.2, 0.25) is 0 Å². The fraction of sp³-hybridized carbons (Fsp3) is 0.486. The molecule has 2 aliphatic rings. The van der Waals surface area contributed by atoms with Crippen molar-refractivity contribution >= 4 is 30.9 Å². The quantitative estimate of drug-likeness (QED) is 0.128. The molecule has 2 aromatic heterocycles. The van der Waals surface area contributed by atoms with Crippen LogP contribution < -0.4 is 9.64 Å². The second-order valence-corrected chi connectivity index (χ2v) is 19.9. The van der Waals surface area contributed by atoms with Gasteiger partial charge in [-0.05, 0) is 63.4 Å². The minimum absolute atomic E-state index is 0.0694. The number of carbonyl (C=O) groups excluding carboxylic acids is 1. The number of hydrogen-bond acceptors (Lipinski definition) is 8. The first-order valence-electron chi connectivity index (χ1n) is 16.3. The van der Waals surface area contributed by atoms with Crippen LogP contribution >= 0.6 is 0 Å². The van der Waals surface area contributed by atoms with E-state index in [1.165, 1.54) is 0 Å². The fourth-order valence-electron chi connectivity index (χ4n) is 5.94. The Morgan fingerprint density at radius 2 is 1.74 bits per heavy atom. The van der Waals surface area contributed by atoms with Gasteiger partial charge in [-0.2, -0.15) is 5.10 Å². The van der Waals surface area contributed by atoms with Crippen LogP contribution in [-0.4, -0.2) is 76.2 Å². The van der Waals surface area contributed by atoms with E-state index in [9.17, 15) is 4.79 Å². The number of piperazine rings is 1. The van der Waals surface area contributed by atoms with Crippen molar-refractivity contribution in [1.29, 1.82) is 0 Å². The van der Waals surface area contributed by atoms with Crippen molar-refractivity contribution in [2.75, 3.05) is 24.6 Å². The van der Waals surface area contributed by atoms with E-state index < -0.39 is 8.07 Å². The molecule has 6 rings (SSSR count). The number of fused-ring (bicyclic) bond motifs is 1. The van der Waals surface area contributed by atoms with Gasteiger partial charge in [0.1, 0.15) is 36.8 Å². The molecule has 1 unspecified atom stereocenters. The molecule has 11 heteroatoms. The summed E-state index contributed by atoms with van der Waals surface area (Å²) in [6.45, 7) is 15.8. The van der Waals surface area contributed by atoms with Crippen molar-refractivity contribution in [3.05, 3.63) is 66.5 Å². The first kappa shape index (κ1) is 32.0. The highest BCUT2D eigenvalue weighted by Gasteiger charge is 2.40. The Morgan fingerprint density at radius 3 is 2.43 bits per heavy atom. The van der Waals surface area contributed by atoms with Gasteiger partial charge in [-0.25, -0.2) is 19.4 Å². The van der Waals surface area contributed by atoms with Crippen LogP contribution in [0.15, 0.2) is 60.9 Å². The zero-order valence-electron chi connectivity index (χ0n) is 27.9. The molecule has 3 heterocycles. The lowest BCUT2D eigenvalue weighted by molar-refractivity contribution is 0.0613. The summed E-state index contributed by atoms with van der Waals surface area (Å²) in [5.41, 5.74) is 3.39. The largest absolute Gasteiger partial charge is 0.488 e.